The highest BCUT2D eigenvalue weighted by Gasteiger charge is 2.35. The number of nitrogens with zero attached hydrogens (tertiary/aromatic N) is 1. The van der Waals surface area contributed by atoms with Crippen molar-refractivity contribution in [3.63, 3.8) is 0 Å². The first-order valence-corrected chi connectivity index (χ1v) is 18.0. The third-order valence-electron chi connectivity index (χ3n) is 8.29. The number of carbonyl (C=O) groups excluding carboxylic acids is 7. The van der Waals surface area contributed by atoms with E-state index in [4.69, 9.17) is 28.0 Å². The SMILES string of the molecule is CC(C)[C@H](NC(=O)[C@H](CO)NC(=O)[C@H](Cc1ccccc1)NC(=O)[C@@H](NC(=O)[C@H](CCCN=C(N)N)NC(=O)[C@@H](N)CC(N)=O)C(C)C)C(=O)N[C@@H](C)C(=O)O. The van der Waals surface area contributed by atoms with E-state index in [1.807, 2.05) is 0 Å². The molecule has 0 aliphatic heterocycles. The Balaban J connectivity index is 3.31. The summed E-state index contributed by atoms with van der Waals surface area (Å²) in [6, 6.07) is -0.853. The van der Waals surface area contributed by atoms with Crippen molar-refractivity contribution in [3.05, 3.63) is 35.9 Å². The molecule has 21 heteroatoms. The van der Waals surface area contributed by atoms with Gasteiger partial charge in [0.15, 0.2) is 5.96 Å². The molecule has 7 amide bonds. The number of benzene rings is 1. The average Bonchev–Trinajstić information content (AvgIpc) is 3.11. The van der Waals surface area contributed by atoms with Crippen molar-refractivity contribution < 1.29 is 48.6 Å². The largest absolute Gasteiger partial charge is 0.480 e. The molecule has 0 saturated carbocycles. The number of hydrogen-bond acceptors (Lipinski definition) is 11. The van der Waals surface area contributed by atoms with Gasteiger partial charge < -0.3 is 65.0 Å². The fourth-order valence-electron chi connectivity index (χ4n) is 5.09. The molecule has 56 heavy (non-hydrogen) atoms. The van der Waals surface area contributed by atoms with Crippen LogP contribution in [0.3, 0.4) is 0 Å². The maximum atomic E-state index is 13.8. The van der Waals surface area contributed by atoms with E-state index >= 15 is 0 Å². The van der Waals surface area contributed by atoms with Crippen LogP contribution in [0.1, 0.15) is 59.4 Å². The van der Waals surface area contributed by atoms with Crippen LogP contribution in [0.25, 0.3) is 0 Å². The molecule has 0 unspecified atom stereocenters. The molecule has 0 aliphatic carbocycles. The summed E-state index contributed by atoms with van der Waals surface area (Å²) in [6.07, 6.45) is -0.384. The third kappa shape index (κ3) is 17.1. The molecule has 0 spiro atoms. The Morgan fingerprint density at radius 2 is 1.14 bits per heavy atom. The monoisotopic (exact) mass is 791 g/mol. The molecule has 16 N–H and O–H groups in total. The van der Waals surface area contributed by atoms with Crippen LogP contribution in [0.15, 0.2) is 35.3 Å². The van der Waals surface area contributed by atoms with Crippen molar-refractivity contribution in [1.82, 2.24) is 31.9 Å². The van der Waals surface area contributed by atoms with Crippen LogP contribution in [0, 0.1) is 11.8 Å². The van der Waals surface area contributed by atoms with Gasteiger partial charge in [0.1, 0.15) is 36.3 Å². The van der Waals surface area contributed by atoms with Gasteiger partial charge in [0.2, 0.25) is 41.4 Å². The number of aliphatic carboxylic acids is 1. The van der Waals surface area contributed by atoms with Crippen LogP contribution < -0.4 is 54.8 Å². The molecule has 0 radical (unpaired) electrons. The predicted molar refractivity (Wildman–Crippen MR) is 203 cm³/mol. The number of rotatable bonds is 24. The first kappa shape index (κ1) is 48.2. The average molecular weight is 792 g/mol. The number of aliphatic hydroxyl groups excluding tert-OH is 1. The van der Waals surface area contributed by atoms with E-state index in [2.05, 4.69) is 36.9 Å². The molecule has 312 valence electrons. The number of aliphatic imine (C=N–C) groups is 1. The number of guanidine groups is 1. The number of amides is 7. The van der Waals surface area contributed by atoms with Gasteiger partial charge >= 0.3 is 5.97 Å². The lowest BCUT2D eigenvalue weighted by Crippen LogP contribution is -2.61. The molecule has 1 aromatic carbocycles. The lowest BCUT2D eigenvalue weighted by Gasteiger charge is -2.29. The van der Waals surface area contributed by atoms with E-state index in [1.165, 1.54) is 6.92 Å². The Morgan fingerprint density at radius 1 is 0.661 bits per heavy atom. The summed E-state index contributed by atoms with van der Waals surface area (Å²) in [4.78, 5) is 106. The summed E-state index contributed by atoms with van der Waals surface area (Å²) in [5, 5.41) is 34.0. The smallest absolute Gasteiger partial charge is 0.325 e. The lowest BCUT2D eigenvalue weighted by atomic mass is 9.99. The zero-order valence-corrected chi connectivity index (χ0v) is 32.2. The number of nitrogens with one attached hydrogen (secondary N) is 6. The maximum absolute atomic E-state index is 13.8. The first-order chi connectivity index (χ1) is 26.2. The number of nitrogens with two attached hydrogens (primary N) is 4. The molecule has 0 aliphatic rings. The van der Waals surface area contributed by atoms with E-state index in [9.17, 15) is 43.5 Å². The molecule has 1 rings (SSSR count). The molecular formula is C35H57N11O10. The van der Waals surface area contributed by atoms with Crippen LogP contribution in [-0.4, -0.2) is 119 Å². The summed E-state index contributed by atoms with van der Waals surface area (Å²) < 4.78 is 0. The van der Waals surface area contributed by atoms with Crippen LogP contribution in [0.4, 0.5) is 0 Å². The topological polar surface area (TPSA) is 366 Å². The van der Waals surface area contributed by atoms with Crippen LogP contribution in [-0.2, 0) is 44.8 Å². The van der Waals surface area contributed by atoms with E-state index in [0.29, 0.717) is 5.56 Å². The minimum Gasteiger partial charge on any atom is -0.480 e. The number of aliphatic hydroxyl groups is 1. The minimum absolute atomic E-state index is 0.00829. The van der Waals surface area contributed by atoms with Gasteiger partial charge in [-0.3, -0.25) is 43.3 Å². The molecule has 0 fully saturated rings. The quantitative estimate of drug-likeness (QED) is 0.0269. The zero-order valence-electron chi connectivity index (χ0n) is 32.2. The molecule has 1 aromatic rings. The molecule has 0 bridgehead atoms. The highest BCUT2D eigenvalue weighted by molar-refractivity contribution is 5.97. The van der Waals surface area contributed by atoms with Crippen molar-refractivity contribution in [1.29, 1.82) is 0 Å². The summed E-state index contributed by atoms with van der Waals surface area (Å²) in [7, 11) is 0. The maximum Gasteiger partial charge on any atom is 0.325 e. The van der Waals surface area contributed by atoms with Crippen molar-refractivity contribution in [2.24, 2.45) is 39.8 Å². The fourth-order valence-corrected chi connectivity index (χ4v) is 5.09. The van der Waals surface area contributed by atoms with Crippen molar-refractivity contribution >= 4 is 53.3 Å². The van der Waals surface area contributed by atoms with Crippen LogP contribution in [0.5, 0.6) is 0 Å². The van der Waals surface area contributed by atoms with Gasteiger partial charge in [0, 0.05) is 13.0 Å². The van der Waals surface area contributed by atoms with E-state index in [1.54, 1.807) is 58.0 Å². The number of primary amides is 1. The van der Waals surface area contributed by atoms with E-state index in [0.717, 1.165) is 0 Å². The summed E-state index contributed by atoms with van der Waals surface area (Å²) in [6.45, 7) is 6.87. The van der Waals surface area contributed by atoms with E-state index in [-0.39, 0.29) is 31.8 Å². The predicted octanol–water partition coefficient (Wildman–Crippen LogP) is -4.20. The van der Waals surface area contributed by atoms with Gasteiger partial charge in [-0.2, -0.15) is 0 Å². The summed E-state index contributed by atoms with van der Waals surface area (Å²) in [5.41, 5.74) is 22.3. The Morgan fingerprint density at radius 3 is 1.62 bits per heavy atom. The molecule has 0 saturated heterocycles. The van der Waals surface area contributed by atoms with Gasteiger partial charge in [-0.05, 0) is 37.2 Å². The second kappa shape index (κ2) is 23.8. The van der Waals surface area contributed by atoms with Crippen molar-refractivity contribution in [3.8, 4) is 0 Å². The molecule has 21 nitrogen and oxygen atoms in total. The Kier molecular flexibility index (Phi) is 20.5. The zero-order chi connectivity index (χ0) is 42.7. The fraction of sp³-hybridized carbons (Fsp3) is 0.571. The van der Waals surface area contributed by atoms with Gasteiger partial charge in [-0.15, -0.1) is 0 Å². The number of carboxylic acid groups (broad SMARTS) is 1. The Labute approximate surface area is 324 Å². The highest BCUT2D eigenvalue weighted by Crippen LogP contribution is 2.10. The third-order valence-corrected chi connectivity index (χ3v) is 8.29. The van der Waals surface area contributed by atoms with Crippen molar-refractivity contribution in [2.75, 3.05) is 13.2 Å². The van der Waals surface area contributed by atoms with Gasteiger partial charge in [-0.1, -0.05) is 58.0 Å². The van der Waals surface area contributed by atoms with E-state index < -0.39 is 114 Å². The van der Waals surface area contributed by atoms with Crippen LogP contribution in [0.2, 0.25) is 0 Å². The second-order valence-corrected chi connectivity index (χ2v) is 13.8. The van der Waals surface area contributed by atoms with Gasteiger partial charge in [0.05, 0.1) is 19.1 Å². The summed E-state index contributed by atoms with van der Waals surface area (Å²) >= 11 is 0. The molecular weight excluding hydrogens is 734 g/mol. The lowest BCUT2D eigenvalue weighted by molar-refractivity contribution is -0.142. The second-order valence-electron chi connectivity index (χ2n) is 13.8. The highest BCUT2D eigenvalue weighted by atomic mass is 16.4. The van der Waals surface area contributed by atoms with Gasteiger partial charge in [0.25, 0.3) is 0 Å². The minimum atomic E-state index is -1.60. The summed E-state index contributed by atoms with van der Waals surface area (Å²) in [5.74, 6) is -8.55. The standard InChI is InChI=1S/C35H57N11O10/c1-17(2)26(32(53)41-19(5)34(55)56)46-31(52)24(16-47)44-30(51)23(14-20-10-7-6-8-11-20)43-33(54)27(18(3)4)45-29(50)22(12-9-13-40-35(38)39)42-28(49)21(36)15-25(37)48/h6-8,10-11,17-19,21-24,26-27,47H,9,12-16,36H2,1-5H3,(H2,37,48)(H,41,53)(H,42,49)(H,43,54)(H,44,51)(H,45,50)(H,46,52)(H,55,56)(H4,38,39,40)/t19-,21-,22-,23-,24-,26-,27-/m0/s1. The molecule has 0 heterocycles. The Hall–Kier alpha value is -5.83. The van der Waals surface area contributed by atoms with Gasteiger partial charge in [-0.25, -0.2) is 0 Å². The number of carbonyl (C=O) groups is 8. The van der Waals surface area contributed by atoms with Crippen molar-refractivity contribution in [2.45, 2.75) is 103 Å². The number of hydrogen-bond donors (Lipinski definition) is 12. The van der Waals surface area contributed by atoms with Crippen LogP contribution >= 0.6 is 0 Å². The normalized spacial score (nSPS) is 14.7. The molecule has 0 aromatic heterocycles. The molecule has 7 atom stereocenters. The first-order valence-electron chi connectivity index (χ1n) is 18.0. The Bertz CT molecular complexity index is 1550. The number of carboxylic acids is 1.